The predicted molar refractivity (Wildman–Crippen MR) is 94.8 cm³/mol. The first kappa shape index (κ1) is 17.7. The predicted octanol–water partition coefficient (Wildman–Crippen LogP) is 1.76. The highest BCUT2D eigenvalue weighted by Crippen LogP contribution is 2.23. The number of para-hydroxylation sites is 1. The molecule has 0 radical (unpaired) electrons. The number of aliphatic carboxylic acids is 1. The maximum absolute atomic E-state index is 12.6. The van der Waals surface area contributed by atoms with Gasteiger partial charge < -0.3 is 14.8 Å². The standard InChI is InChI=1S/C18H19N3O5/c1-10(2)7-12(18(24)25)20-14(22)8-21-9-19-15-11-5-3-4-6-13(11)26-16(15)17(21)23/h3-6,9-10,12H,7-8H2,1-2H3,(H,20,22)(H,24,25)/t12-/m0/s1. The lowest BCUT2D eigenvalue weighted by atomic mass is 10.0. The van der Waals surface area contributed by atoms with E-state index >= 15 is 0 Å². The van der Waals surface area contributed by atoms with Crippen LogP contribution in [0.4, 0.5) is 0 Å². The van der Waals surface area contributed by atoms with Gasteiger partial charge in [0.2, 0.25) is 11.5 Å². The second-order valence-corrected chi connectivity index (χ2v) is 6.54. The smallest absolute Gasteiger partial charge is 0.326 e. The minimum absolute atomic E-state index is 0.0680. The van der Waals surface area contributed by atoms with Gasteiger partial charge in [0.1, 0.15) is 23.7 Å². The lowest BCUT2D eigenvalue weighted by molar-refractivity contribution is -0.142. The van der Waals surface area contributed by atoms with Gasteiger partial charge in [-0.15, -0.1) is 0 Å². The van der Waals surface area contributed by atoms with Gasteiger partial charge in [-0.1, -0.05) is 26.0 Å². The first-order chi connectivity index (χ1) is 12.4. The third-order valence-electron chi connectivity index (χ3n) is 4.00. The molecule has 136 valence electrons. The van der Waals surface area contributed by atoms with Crippen molar-refractivity contribution in [3.8, 4) is 0 Å². The first-order valence-electron chi connectivity index (χ1n) is 8.25. The molecule has 0 aliphatic heterocycles. The van der Waals surface area contributed by atoms with Gasteiger partial charge in [-0.3, -0.25) is 14.2 Å². The van der Waals surface area contributed by atoms with Crippen molar-refractivity contribution in [2.75, 3.05) is 0 Å². The van der Waals surface area contributed by atoms with Gasteiger partial charge in [-0.05, 0) is 24.5 Å². The van der Waals surface area contributed by atoms with Crippen molar-refractivity contribution in [3.63, 3.8) is 0 Å². The fourth-order valence-corrected chi connectivity index (χ4v) is 2.82. The maximum atomic E-state index is 12.6. The second-order valence-electron chi connectivity index (χ2n) is 6.54. The molecule has 8 nitrogen and oxygen atoms in total. The lowest BCUT2D eigenvalue weighted by Crippen LogP contribution is -2.44. The summed E-state index contributed by atoms with van der Waals surface area (Å²) in [6, 6.07) is 6.14. The SMILES string of the molecule is CC(C)C[C@H](NC(=O)Cn1cnc2c(oc3ccccc32)c1=O)C(=O)O. The van der Waals surface area contributed by atoms with Gasteiger partial charge in [-0.2, -0.15) is 0 Å². The number of carbonyl (C=O) groups is 2. The van der Waals surface area contributed by atoms with Crippen LogP contribution in [-0.4, -0.2) is 32.6 Å². The Balaban J connectivity index is 1.85. The number of nitrogens with zero attached hydrogens (tertiary/aromatic N) is 2. The number of nitrogens with one attached hydrogen (secondary N) is 1. The van der Waals surface area contributed by atoms with E-state index in [0.29, 0.717) is 17.5 Å². The van der Waals surface area contributed by atoms with Crippen molar-refractivity contribution in [2.45, 2.75) is 32.9 Å². The van der Waals surface area contributed by atoms with E-state index < -0.39 is 23.5 Å². The molecule has 0 spiro atoms. The molecule has 0 fully saturated rings. The summed E-state index contributed by atoms with van der Waals surface area (Å²) in [6.07, 6.45) is 1.57. The number of furan rings is 1. The summed E-state index contributed by atoms with van der Waals surface area (Å²) < 4.78 is 6.66. The highest BCUT2D eigenvalue weighted by molar-refractivity contribution is 6.01. The number of hydrogen-bond acceptors (Lipinski definition) is 5. The van der Waals surface area contributed by atoms with E-state index in [9.17, 15) is 19.5 Å². The average molecular weight is 357 g/mol. The summed E-state index contributed by atoms with van der Waals surface area (Å²) in [6.45, 7) is 3.40. The minimum atomic E-state index is -1.11. The summed E-state index contributed by atoms with van der Waals surface area (Å²) >= 11 is 0. The lowest BCUT2D eigenvalue weighted by Gasteiger charge is -2.16. The van der Waals surface area contributed by atoms with Crippen LogP contribution in [0.1, 0.15) is 20.3 Å². The summed E-state index contributed by atoms with van der Waals surface area (Å²) in [5, 5.41) is 12.4. The molecule has 2 N–H and O–H groups in total. The van der Waals surface area contributed by atoms with Crippen LogP contribution < -0.4 is 10.9 Å². The highest BCUT2D eigenvalue weighted by Gasteiger charge is 2.22. The van der Waals surface area contributed by atoms with Crippen LogP contribution in [0.25, 0.3) is 22.1 Å². The molecular weight excluding hydrogens is 338 g/mol. The maximum Gasteiger partial charge on any atom is 0.326 e. The molecule has 26 heavy (non-hydrogen) atoms. The number of hydrogen-bond donors (Lipinski definition) is 2. The molecule has 3 aromatic rings. The van der Waals surface area contributed by atoms with Crippen LogP contribution in [0, 0.1) is 5.92 Å². The van der Waals surface area contributed by atoms with Gasteiger partial charge in [0, 0.05) is 5.39 Å². The van der Waals surface area contributed by atoms with E-state index in [1.54, 1.807) is 18.2 Å². The normalized spacial score (nSPS) is 12.6. The van der Waals surface area contributed by atoms with Crippen molar-refractivity contribution < 1.29 is 19.1 Å². The largest absolute Gasteiger partial charge is 0.480 e. The second kappa shape index (κ2) is 6.99. The van der Waals surface area contributed by atoms with Gasteiger partial charge >= 0.3 is 5.97 Å². The zero-order valence-electron chi connectivity index (χ0n) is 14.4. The number of amides is 1. The number of fused-ring (bicyclic) bond motifs is 3. The fourth-order valence-electron chi connectivity index (χ4n) is 2.82. The van der Waals surface area contributed by atoms with Gasteiger partial charge in [0.05, 0.1) is 6.33 Å². The zero-order chi connectivity index (χ0) is 18.8. The van der Waals surface area contributed by atoms with Crippen molar-refractivity contribution in [3.05, 3.63) is 40.9 Å². The highest BCUT2D eigenvalue weighted by atomic mass is 16.4. The topological polar surface area (TPSA) is 114 Å². The van der Waals surface area contributed by atoms with Crippen LogP contribution in [-0.2, 0) is 16.1 Å². The molecule has 8 heteroatoms. The van der Waals surface area contributed by atoms with E-state index in [1.165, 1.54) is 6.33 Å². The molecule has 1 atom stereocenters. The third kappa shape index (κ3) is 3.44. The number of aromatic nitrogens is 2. The van der Waals surface area contributed by atoms with E-state index in [1.807, 2.05) is 19.9 Å². The minimum Gasteiger partial charge on any atom is -0.480 e. The first-order valence-corrected chi connectivity index (χ1v) is 8.25. The van der Waals surface area contributed by atoms with E-state index in [-0.39, 0.29) is 18.0 Å². The van der Waals surface area contributed by atoms with E-state index in [4.69, 9.17) is 4.42 Å². The molecule has 2 aromatic heterocycles. The van der Waals surface area contributed by atoms with E-state index in [0.717, 1.165) is 9.95 Å². The molecule has 2 heterocycles. The summed E-state index contributed by atoms with van der Waals surface area (Å²) in [5.74, 6) is -1.57. The van der Waals surface area contributed by atoms with Crippen LogP contribution >= 0.6 is 0 Å². The number of rotatable bonds is 6. The van der Waals surface area contributed by atoms with Gasteiger partial charge in [0.15, 0.2) is 0 Å². The molecule has 0 unspecified atom stereocenters. The summed E-state index contributed by atoms with van der Waals surface area (Å²) in [4.78, 5) is 40.2. The Morgan fingerprint density at radius 2 is 2.04 bits per heavy atom. The quantitative estimate of drug-likeness (QED) is 0.695. The molecule has 0 saturated heterocycles. The van der Waals surface area contributed by atoms with E-state index in [2.05, 4.69) is 10.3 Å². The Morgan fingerprint density at radius 1 is 1.31 bits per heavy atom. The average Bonchev–Trinajstić information content (AvgIpc) is 2.96. The van der Waals surface area contributed by atoms with Crippen LogP contribution in [0.2, 0.25) is 0 Å². The molecule has 0 bridgehead atoms. The summed E-state index contributed by atoms with van der Waals surface area (Å²) in [5.41, 5.74) is 0.554. The molecule has 1 aromatic carbocycles. The Hall–Kier alpha value is -3.16. The Labute approximate surface area is 148 Å². The van der Waals surface area contributed by atoms with Crippen molar-refractivity contribution in [1.82, 2.24) is 14.9 Å². The molecule has 0 aliphatic rings. The Bertz CT molecular complexity index is 1030. The molecular formula is C18H19N3O5. The molecule has 0 saturated carbocycles. The van der Waals surface area contributed by atoms with Gasteiger partial charge in [-0.25, -0.2) is 9.78 Å². The van der Waals surface area contributed by atoms with Gasteiger partial charge in [0.25, 0.3) is 5.56 Å². The van der Waals surface area contributed by atoms with Crippen LogP contribution in [0.5, 0.6) is 0 Å². The number of carboxylic acid groups (broad SMARTS) is 1. The van der Waals surface area contributed by atoms with Crippen molar-refractivity contribution in [1.29, 1.82) is 0 Å². The van der Waals surface area contributed by atoms with Crippen molar-refractivity contribution in [2.24, 2.45) is 5.92 Å². The van der Waals surface area contributed by atoms with Crippen LogP contribution in [0.15, 0.2) is 39.8 Å². The number of benzene rings is 1. The monoisotopic (exact) mass is 357 g/mol. The Kier molecular flexibility index (Phi) is 4.75. The Morgan fingerprint density at radius 3 is 2.73 bits per heavy atom. The molecule has 1 amide bonds. The van der Waals surface area contributed by atoms with Crippen LogP contribution in [0.3, 0.4) is 0 Å². The molecule has 0 aliphatic carbocycles. The molecule has 3 rings (SSSR count). The van der Waals surface area contributed by atoms with Crippen molar-refractivity contribution >= 4 is 33.9 Å². The zero-order valence-corrected chi connectivity index (χ0v) is 14.4. The summed E-state index contributed by atoms with van der Waals surface area (Å²) in [7, 11) is 0. The number of carboxylic acids is 1. The third-order valence-corrected chi connectivity index (χ3v) is 4.00. The fraction of sp³-hybridized carbons (Fsp3) is 0.333. The number of carbonyl (C=O) groups excluding carboxylic acids is 1.